The van der Waals surface area contributed by atoms with Gasteiger partial charge in [-0.15, -0.1) is 0 Å². The Morgan fingerprint density at radius 3 is 2.68 bits per heavy atom. The minimum absolute atomic E-state index is 0.0844. The van der Waals surface area contributed by atoms with Gasteiger partial charge in [0.2, 0.25) is 0 Å². The number of nitrogens with one attached hydrogen (secondary N) is 1. The van der Waals surface area contributed by atoms with Crippen molar-refractivity contribution in [2.45, 2.75) is 6.04 Å². The molecule has 0 radical (unpaired) electrons. The monoisotopic (exact) mass is 265 g/mol. The molecule has 19 heavy (non-hydrogen) atoms. The van der Waals surface area contributed by atoms with E-state index in [0.29, 0.717) is 18.7 Å². The normalized spacial score (nSPS) is 17.9. The highest BCUT2D eigenvalue weighted by atomic mass is 16.6. The van der Waals surface area contributed by atoms with Crippen molar-refractivity contribution in [3.63, 3.8) is 0 Å². The molecule has 1 aromatic rings. The van der Waals surface area contributed by atoms with Gasteiger partial charge in [-0.2, -0.15) is 0 Å². The molecule has 1 unspecified atom stereocenters. The van der Waals surface area contributed by atoms with Crippen LogP contribution in [-0.2, 0) is 4.79 Å². The quantitative estimate of drug-likeness (QED) is 0.612. The van der Waals surface area contributed by atoms with E-state index in [1.807, 2.05) is 4.90 Å². The third kappa shape index (κ3) is 3.07. The van der Waals surface area contributed by atoms with E-state index >= 15 is 0 Å². The van der Waals surface area contributed by atoms with Gasteiger partial charge >= 0.3 is 5.97 Å². The highest BCUT2D eigenvalue weighted by Crippen LogP contribution is 2.24. The largest absolute Gasteiger partial charge is 0.480 e. The Balaban J connectivity index is 2.30. The number of benzene rings is 1. The van der Waals surface area contributed by atoms with E-state index in [2.05, 4.69) is 5.32 Å². The second-order valence-corrected chi connectivity index (χ2v) is 4.38. The summed E-state index contributed by atoms with van der Waals surface area (Å²) in [5.74, 6) is -0.984. The molecule has 7 nitrogen and oxygen atoms in total. The van der Waals surface area contributed by atoms with Crippen molar-refractivity contribution in [3.05, 3.63) is 39.9 Å². The number of non-ortho nitro benzene ring substituents is 1. The fourth-order valence-electron chi connectivity index (χ4n) is 2.26. The molecular weight excluding hydrogens is 250 g/mol. The van der Waals surface area contributed by atoms with E-state index in [9.17, 15) is 20.0 Å². The molecule has 1 fully saturated rings. The van der Waals surface area contributed by atoms with Crippen molar-refractivity contribution in [2.75, 3.05) is 26.2 Å². The van der Waals surface area contributed by atoms with E-state index in [-0.39, 0.29) is 5.69 Å². The molecule has 1 aromatic carbocycles. The highest BCUT2D eigenvalue weighted by molar-refractivity contribution is 5.76. The number of nitro groups is 1. The molecule has 7 heteroatoms. The van der Waals surface area contributed by atoms with Crippen LogP contribution in [0.25, 0.3) is 0 Å². The molecule has 0 aliphatic carbocycles. The number of carbonyl (C=O) groups is 1. The van der Waals surface area contributed by atoms with E-state index in [0.717, 1.165) is 13.1 Å². The molecule has 1 atom stereocenters. The van der Waals surface area contributed by atoms with Gasteiger partial charge in [0.05, 0.1) is 4.92 Å². The zero-order valence-electron chi connectivity index (χ0n) is 10.3. The van der Waals surface area contributed by atoms with Gasteiger partial charge in [0.15, 0.2) is 0 Å². The summed E-state index contributed by atoms with van der Waals surface area (Å²) in [4.78, 5) is 23.5. The molecule has 102 valence electrons. The lowest BCUT2D eigenvalue weighted by Crippen LogP contribution is -2.47. The van der Waals surface area contributed by atoms with Gasteiger partial charge in [-0.1, -0.05) is 12.1 Å². The molecule has 0 amide bonds. The Hall–Kier alpha value is -1.99. The second-order valence-electron chi connectivity index (χ2n) is 4.38. The SMILES string of the molecule is O=C(O)C(c1cccc([N+](=O)[O-])c1)N1CCNCC1. The van der Waals surface area contributed by atoms with Crippen LogP contribution in [-0.4, -0.2) is 47.1 Å². The van der Waals surface area contributed by atoms with Crippen LogP contribution in [0.4, 0.5) is 5.69 Å². The van der Waals surface area contributed by atoms with Crippen molar-refractivity contribution < 1.29 is 14.8 Å². The van der Waals surface area contributed by atoms with Crippen LogP contribution in [0.3, 0.4) is 0 Å². The number of nitrogens with zero attached hydrogens (tertiary/aromatic N) is 2. The van der Waals surface area contributed by atoms with E-state index in [4.69, 9.17) is 0 Å². The summed E-state index contributed by atoms with van der Waals surface area (Å²) < 4.78 is 0. The zero-order chi connectivity index (χ0) is 13.8. The van der Waals surface area contributed by atoms with Gasteiger partial charge in [0, 0.05) is 38.3 Å². The lowest BCUT2D eigenvalue weighted by Gasteiger charge is -2.32. The Kier molecular flexibility index (Phi) is 4.08. The average molecular weight is 265 g/mol. The van der Waals surface area contributed by atoms with Gasteiger partial charge in [-0.3, -0.25) is 19.8 Å². The molecule has 0 bridgehead atoms. The van der Waals surface area contributed by atoms with E-state index in [1.54, 1.807) is 6.07 Å². The third-order valence-corrected chi connectivity index (χ3v) is 3.15. The lowest BCUT2D eigenvalue weighted by molar-refractivity contribution is -0.384. The van der Waals surface area contributed by atoms with Crippen LogP contribution < -0.4 is 5.32 Å². The average Bonchev–Trinajstić information content (AvgIpc) is 2.40. The van der Waals surface area contributed by atoms with Gasteiger partial charge in [0.25, 0.3) is 5.69 Å². The molecule has 2 N–H and O–H groups in total. The number of aliphatic carboxylic acids is 1. The molecule has 1 saturated heterocycles. The molecule has 0 saturated carbocycles. The molecule has 1 aliphatic rings. The summed E-state index contributed by atoms with van der Waals surface area (Å²) >= 11 is 0. The first-order valence-corrected chi connectivity index (χ1v) is 6.01. The summed E-state index contributed by atoms with van der Waals surface area (Å²) in [6.45, 7) is 2.66. The van der Waals surface area contributed by atoms with Crippen LogP contribution in [0.5, 0.6) is 0 Å². The summed E-state index contributed by atoms with van der Waals surface area (Å²) in [7, 11) is 0. The third-order valence-electron chi connectivity index (χ3n) is 3.15. The highest BCUT2D eigenvalue weighted by Gasteiger charge is 2.29. The van der Waals surface area contributed by atoms with E-state index in [1.165, 1.54) is 18.2 Å². The van der Waals surface area contributed by atoms with Gasteiger partial charge in [0.1, 0.15) is 6.04 Å². The first-order chi connectivity index (χ1) is 9.09. The summed E-state index contributed by atoms with van der Waals surface area (Å²) in [6.07, 6.45) is 0. The molecule has 1 heterocycles. The minimum atomic E-state index is -0.984. The summed E-state index contributed by atoms with van der Waals surface area (Å²) in [5.41, 5.74) is 0.363. The first kappa shape index (κ1) is 13.4. The fourth-order valence-corrected chi connectivity index (χ4v) is 2.26. The van der Waals surface area contributed by atoms with Gasteiger partial charge in [-0.25, -0.2) is 0 Å². The van der Waals surface area contributed by atoms with Crippen molar-refractivity contribution in [1.82, 2.24) is 10.2 Å². The lowest BCUT2D eigenvalue weighted by atomic mass is 10.0. The van der Waals surface area contributed by atoms with Crippen molar-refractivity contribution >= 4 is 11.7 Å². The molecule has 0 spiro atoms. The number of carboxylic acids is 1. The number of rotatable bonds is 4. The smallest absolute Gasteiger partial charge is 0.325 e. The van der Waals surface area contributed by atoms with Crippen LogP contribution in [0.1, 0.15) is 11.6 Å². The maximum absolute atomic E-state index is 11.4. The second kappa shape index (κ2) is 5.77. The van der Waals surface area contributed by atoms with Crippen LogP contribution >= 0.6 is 0 Å². The molecule has 2 rings (SSSR count). The van der Waals surface area contributed by atoms with Crippen molar-refractivity contribution in [3.8, 4) is 0 Å². The van der Waals surface area contributed by atoms with Gasteiger partial charge in [-0.05, 0) is 5.56 Å². The summed E-state index contributed by atoms with van der Waals surface area (Å²) in [6, 6.07) is 5.00. The Labute approximate surface area is 110 Å². The van der Waals surface area contributed by atoms with Crippen LogP contribution in [0.2, 0.25) is 0 Å². The Morgan fingerprint density at radius 2 is 2.11 bits per heavy atom. The Bertz CT molecular complexity index is 486. The number of hydrogen-bond acceptors (Lipinski definition) is 5. The fraction of sp³-hybridized carbons (Fsp3) is 0.417. The van der Waals surface area contributed by atoms with Crippen molar-refractivity contribution in [2.24, 2.45) is 0 Å². The van der Waals surface area contributed by atoms with Gasteiger partial charge < -0.3 is 10.4 Å². The first-order valence-electron chi connectivity index (χ1n) is 6.01. The summed E-state index contributed by atoms with van der Waals surface area (Å²) in [5, 5.41) is 23.3. The molecule has 1 aliphatic heterocycles. The predicted molar refractivity (Wildman–Crippen MR) is 67.9 cm³/mol. The topological polar surface area (TPSA) is 95.7 Å². The zero-order valence-corrected chi connectivity index (χ0v) is 10.3. The molecule has 0 aromatic heterocycles. The maximum atomic E-state index is 11.4. The maximum Gasteiger partial charge on any atom is 0.325 e. The van der Waals surface area contributed by atoms with Crippen LogP contribution in [0, 0.1) is 10.1 Å². The van der Waals surface area contributed by atoms with Crippen molar-refractivity contribution in [1.29, 1.82) is 0 Å². The standard InChI is InChI=1S/C12H15N3O4/c16-12(17)11(14-6-4-13-5-7-14)9-2-1-3-10(8-9)15(18)19/h1-3,8,11,13H,4-7H2,(H,16,17). The predicted octanol–water partition coefficient (Wildman–Crippen LogP) is 0.626. The number of nitro benzene ring substituents is 1. The minimum Gasteiger partial charge on any atom is -0.480 e. The number of hydrogen-bond donors (Lipinski definition) is 2. The van der Waals surface area contributed by atoms with E-state index < -0.39 is 16.9 Å². The number of piperazine rings is 1. The van der Waals surface area contributed by atoms with Crippen LogP contribution in [0.15, 0.2) is 24.3 Å². The number of carboxylic acid groups (broad SMARTS) is 1. The molecular formula is C12H15N3O4. The Morgan fingerprint density at radius 1 is 1.42 bits per heavy atom.